The molecule has 1 fully saturated rings. The molecule has 1 saturated heterocycles. The minimum atomic E-state index is 0.791. The summed E-state index contributed by atoms with van der Waals surface area (Å²) < 4.78 is 0. The Hall–Kier alpha value is -0.0800. The molecule has 2 heteroatoms. The lowest BCUT2D eigenvalue weighted by molar-refractivity contribution is 0.369. The second kappa shape index (κ2) is 8.12. The van der Waals surface area contributed by atoms with E-state index in [0.717, 1.165) is 6.04 Å². The standard InChI is InChI=1S/C13H28N2/c1-3-4-5-6-7-8-9-10-11-14-15-12-13(15)2/h13-14H,3-12H2,1-2H3. The summed E-state index contributed by atoms with van der Waals surface area (Å²) in [7, 11) is 0. The highest BCUT2D eigenvalue weighted by Gasteiger charge is 2.27. The number of hydrazine groups is 1. The molecule has 0 aliphatic carbocycles. The fraction of sp³-hybridized carbons (Fsp3) is 1.00. The molecule has 0 radical (unpaired) electrons. The van der Waals surface area contributed by atoms with E-state index in [4.69, 9.17) is 0 Å². The van der Waals surface area contributed by atoms with Crippen LogP contribution in [-0.4, -0.2) is 24.1 Å². The van der Waals surface area contributed by atoms with Gasteiger partial charge >= 0.3 is 0 Å². The summed E-state index contributed by atoms with van der Waals surface area (Å²) in [5.41, 5.74) is 3.45. The van der Waals surface area contributed by atoms with Gasteiger partial charge in [0.2, 0.25) is 0 Å². The topological polar surface area (TPSA) is 15.0 Å². The molecule has 1 N–H and O–H groups in total. The molecule has 0 saturated carbocycles. The van der Waals surface area contributed by atoms with Gasteiger partial charge in [0.05, 0.1) is 0 Å². The Labute approximate surface area is 95.4 Å². The third kappa shape index (κ3) is 6.91. The van der Waals surface area contributed by atoms with Crippen LogP contribution in [0.3, 0.4) is 0 Å². The van der Waals surface area contributed by atoms with Crippen LogP contribution in [0.25, 0.3) is 0 Å². The molecule has 2 unspecified atom stereocenters. The van der Waals surface area contributed by atoms with Gasteiger partial charge in [0.15, 0.2) is 0 Å². The van der Waals surface area contributed by atoms with Crippen LogP contribution >= 0.6 is 0 Å². The van der Waals surface area contributed by atoms with Crippen molar-refractivity contribution in [2.75, 3.05) is 13.1 Å². The predicted molar refractivity (Wildman–Crippen MR) is 66.8 cm³/mol. The van der Waals surface area contributed by atoms with E-state index >= 15 is 0 Å². The highest BCUT2D eigenvalue weighted by atomic mass is 15.6. The summed E-state index contributed by atoms with van der Waals surface area (Å²) in [6.45, 7) is 6.97. The van der Waals surface area contributed by atoms with Gasteiger partial charge in [0.1, 0.15) is 0 Å². The summed E-state index contributed by atoms with van der Waals surface area (Å²) in [5.74, 6) is 0. The number of nitrogens with zero attached hydrogens (tertiary/aromatic N) is 1. The van der Waals surface area contributed by atoms with E-state index in [-0.39, 0.29) is 0 Å². The second-order valence-corrected chi connectivity index (χ2v) is 4.88. The monoisotopic (exact) mass is 212 g/mol. The first-order chi connectivity index (χ1) is 7.34. The van der Waals surface area contributed by atoms with Crippen LogP contribution in [0.15, 0.2) is 0 Å². The van der Waals surface area contributed by atoms with Gasteiger partial charge in [-0.1, -0.05) is 51.9 Å². The van der Waals surface area contributed by atoms with Gasteiger partial charge in [-0.05, 0) is 13.3 Å². The van der Waals surface area contributed by atoms with E-state index in [9.17, 15) is 0 Å². The summed E-state index contributed by atoms with van der Waals surface area (Å²) in [5, 5.41) is 2.32. The predicted octanol–water partition coefficient (Wildman–Crippen LogP) is 3.34. The Bertz CT molecular complexity index is 147. The molecule has 1 heterocycles. The molecule has 0 amide bonds. The van der Waals surface area contributed by atoms with Crippen molar-refractivity contribution in [3.05, 3.63) is 0 Å². The van der Waals surface area contributed by atoms with Crippen LogP contribution in [-0.2, 0) is 0 Å². The van der Waals surface area contributed by atoms with Crippen molar-refractivity contribution in [3.8, 4) is 0 Å². The third-order valence-electron chi connectivity index (χ3n) is 3.20. The molecule has 1 rings (SSSR count). The number of rotatable bonds is 10. The second-order valence-electron chi connectivity index (χ2n) is 4.88. The van der Waals surface area contributed by atoms with Gasteiger partial charge in [-0.15, -0.1) is 0 Å². The normalized spacial score (nSPS) is 24.4. The third-order valence-corrected chi connectivity index (χ3v) is 3.20. The smallest absolute Gasteiger partial charge is 0.0357 e. The van der Waals surface area contributed by atoms with Crippen molar-refractivity contribution in [3.63, 3.8) is 0 Å². The molecule has 0 aromatic carbocycles. The first-order valence-corrected chi connectivity index (χ1v) is 6.84. The van der Waals surface area contributed by atoms with E-state index in [2.05, 4.69) is 24.3 Å². The van der Waals surface area contributed by atoms with E-state index < -0.39 is 0 Å². The highest BCUT2D eigenvalue weighted by molar-refractivity contribution is 4.80. The van der Waals surface area contributed by atoms with Crippen LogP contribution in [0.4, 0.5) is 0 Å². The van der Waals surface area contributed by atoms with Gasteiger partial charge in [0.25, 0.3) is 0 Å². The quantitative estimate of drug-likeness (QED) is 0.441. The van der Waals surface area contributed by atoms with E-state index in [1.165, 1.54) is 64.5 Å². The number of nitrogens with one attached hydrogen (secondary N) is 1. The summed E-state index contributed by atoms with van der Waals surface area (Å²) in [6, 6.07) is 0.791. The van der Waals surface area contributed by atoms with Gasteiger partial charge in [0, 0.05) is 19.1 Å². The molecule has 2 nitrogen and oxygen atoms in total. The van der Waals surface area contributed by atoms with Crippen LogP contribution in [0.2, 0.25) is 0 Å². The van der Waals surface area contributed by atoms with Crippen molar-refractivity contribution in [1.29, 1.82) is 0 Å². The number of unbranched alkanes of at least 4 members (excludes halogenated alkanes) is 7. The molecule has 0 spiro atoms. The maximum absolute atomic E-state index is 3.45. The van der Waals surface area contributed by atoms with Gasteiger partial charge < -0.3 is 0 Å². The molecule has 0 aromatic rings. The maximum Gasteiger partial charge on any atom is 0.0357 e. The lowest BCUT2D eigenvalue weighted by Crippen LogP contribution is -2.23. The average Bonchev–Trinajstić information content (AvgIpc) is 2.92. The number of hydrogen-bond donors (Lipinski definition) is 1. The van der Waals surface area contributed by atoms with E-state index in [1.807, 2.05) is 0 Å². The molecule has 0 bridgehead atoms. The Morgan fingerprint density at radius 2 is 1.53 bits per heavy atom. The Balaban J connectivity index is 1.66. The maximum atomic E-state index is 3.45. The fourth-order valence-electron chi connectivity index (χ4n) is 1.94. The van der Waals surface area contributed by atoms with Gasteiger partial charge in [-0.3, -0.25) is 5.43 Å². The Morgan fingerprint density at radius 1 is 1.00 bits per heavy atom. The van der Waals surface area contributed by atoms with Crippen LogP contribution in [0.5, 0.6) is 0 Å². The zero-order valence-electron chi connectivity index (χ0n) is 10.6. The summed E-state index contributed by atoms with van der Waals surface area (Å²) in [6.07, 6.45) is 11.3. The Kier molecular flexibility index (Phi) is 7.03. The van der Waals surface area contributed by atoms with Crippen molar-refractivity contribution < 1.29 is 0 Å². The first kappa shape index (κ1) is 13.0. The van der Waals surface area contributed by atoms with Crippen molar-refractivity contribution in [2.24, 2.45) is 0 Å². The van der Waals surface area contributed by atoms with Crippen LogP contribution in [0, 0.1) is 0 Å². The summed E-state index contributed by atoms with van der Waals surface area (Å²) in [4.78, 5) is 0. The van der Waals surface area contributed by atoms with E-state index in [1.54, 1.807) is 0 Å². The lowest BCUT2D eigenvalue weighted by Gasteiger charge is -2.05. The van der Waals surface area contributed by atoms with E-state index in [0.29, 0.717) is 0 Å². The summed E-state index contributed by atoms with van der Waals surface area (Å²) >= 11 is 0. The van der Waals surface area contributed by atoms with Crippen molar-refractivity contribution in [1.82, 2.24) is 10.4 Å². The van der Waals surface area contributed by atoms with Gasteiger partial charge in [-0.25, -0.2) is 5.01 Å². The van der Waals surface area contributed by atoms with Crippen LogP contribution < -0.4 is 5.43 Å². The largest absolute Gasteiger partial charge is 0.255 e. The Morgan fingerprint density at radius 3 is 2.07 bits per heavy atom. The minimum Gasteiger partial charge on any atom is -0.255 e. The van der Waals surface area contributed by atoms with Crippen molar-refractivity contribution in [2.45, 2.75) is 71.3 Å². The molecular formula is C13H28N2. The zero-order chi connectivity index (χ0) is 10.9. The molecule has 1 aliphatic rings. The molecule has 0 aromatic heterocycles. The molecule has 90 valence electrons. The highest BCUT2D eigenvalue weighted by Crippen LogP contribution is 2.12. The SMILES string of the molecule is CCCCCCCCCCNN1CC1C. The average molecular weight is 212 g/mol. The lowest BCUT2D eigenvalue weighted by atomic mass is 10.1. The van der Waals surface area contributed by atoms with Gasteiger partial charge in [-0.2, -0.15) is 0 Å². The first-order valence-electron chi connectivity index (χ1n) is 6.84. The number of hydrogen-bond acceptors (Lipinski definition) is 2. The molecule has 2 atom stereocenters. The minimum absolute atomic E-state index is 0.791. The molecular weight excluding hydrogens is 184 g/mol. The molecule has 15 heavy (non-hydrogen) atoms. The van der Waals surface area contributed by atoms with Crippen LogP contribution in [0.1, 0.15) is 65.2 Å². The van der Waals surface area contributed by atoms with Crippen molar-refractivity contribution >= 4 is 0 Å². The fourth-order valence-corrected chi connectivity index (χ4v) is 1.94. The molecule has 1 aliphatic heterocycles. The zero-order valence-corrected chi connectivity index (χ0v) is 10.6.